The molecule has 0 radical (unpaired) electrons. The lowest BCUT2D eigenvalue weighted by Gasteiger charge is -2.19. The monoisotopic (exact) mass is 294 g/mol. The number of benzene rings is 1. The van der Waals surface area contributed by atoms with E-state index in [4.69, 9.17) is 9.47 Å². The number of hydrogen-bond donors (Lipinski definition) is 3. The van der Waals surface area contributed by atoms with Gasteiger partial charge in [0.1, 0.15) is 0 Å². The molecule has 1 aliphatic heterocycles. The second-order valence-corrected chi connectivity index (χ2v) is 5.69. The first-order chi connectivity index (χ1) is 10.1. The summed E-state index contributed by atoms with van der Waals surface area (Å²) in [5.41, 5.74) is 1.21. The van der Waals surface area contributed by atoms with E-state index in [-0.39, 0.29) is 6.10 Å². The lowest BCUT2D eigenvalue weighted by Crippen LogP contribution is -2.36. The normalized spacial score (nSPS) is 23.0. The third kappa shape index (κ3) is 4.33. The van der Waals surface area contributed by atoms with Crippen molar-refractivity contribution in [2.75, 3.05) is 33.9 Å². The van der Waals surface area contributed by atoms with Crippen LogP contribution in [0.5, 0.6) is 11.5 Å². The Morgan fingerprint density at radius 1 is 1.29 bits per heavy atom. The molecule has 5 heteroatoms. The van der Waals surface area contributed by atoms with Gasteiger partial charge in [-0.05, 0) is 31.0 Å². The van der Waals surface area contributed by atoms with E-state index in [0.717, 1.165) is 31.0 Å². The van der Waals surface area contributed by atoms with Crippen LogP contribution in [-0.4, -0.2) is 51.1 Å². The van der Waals surface area contributed by atoms with E-state index in [1.165, 1.54) is 5.56 Å². The van der Waals surface area contributed by atoms with Crippen molar-refractivity contribution in [3.63, 3.8) is 0 Å². The van der Waals surface area contributed by atoms with Gasteiger partial charge in [-0.25, -0.2) is 0 Å². The number of methoxy groups -OCH3 is 2. The number of ether oxygens (including phenoxy) is 2. The Bertz CT molecular complexity index is 453. The third-order valence-electron chi connectivity index (χ3n) is 4.02. The maximum atomic E-state index is 9.78. The van der Waals surface area contributed by atoms with Crippen LogP contribution in [0.15, 0.2) is 18.2 Å². The predicted octanol–water partition coefficient (Wildman–Crippen LogP) is 0.805. The minimum atomic E-state index is -0.231. The van der Waals surface area contributed by atoms with Crippen LogP contribution in [0.4, 0.5) is 0 Å². The summed E-state index contributed by atoms with van der Waals surface area (Å²) >= 11 is 0. The second-order valence-electron chi connectivity index (χ2n) is 5.69. The first-order valence-electron chi connectivity index (χ1n) is 7.47. The molecule has 0 aromatic heterocycles. The van der Waals surface area contributed by atoms with Crippen molar-refractivity contribution in [2.24, 2.45) is 5.92 Å². The first kappa shape index (κ1) is 16.1. The van der Waals surface area contributed by atoms with E-state index in [1.54, 1.807) is 14.2 Å². The quantitative estimate of drug-likeness (QED) is 0.694. The van der Waals surface area contributed by atoms with E-state index in [0.29, 0.717) is 18.5 Å². The Balaban J connectivity index is 1.85. The minimum Gasteiger partial charge on any atom is -0.493 e. The summed E-state index contributed by atoms with van der Waals surface area (Å²) in [5, 5.41) is 16.5. The Kier molecular flexibility index (Phi) is 5.85. The molecule has 118 valence electrons. The molecule has 3 unspecified atom stereocenters. The van der Waals surface area contributed by atoms with Crippen molar-refractivity contribution in [2.45, 2.75) is 25.5 Å². The smallest absolute Gasteiger partial charge is 0.160 e. The fourth-order valence-corrected chi connectivity index (χ4v) is 2.71. The number of β-amino-alcohol motifs (C(OH)–C–C–N with tert-alkyl or cyclic N) is 1. The van der Waals surface area contributed by atoms with Gasteiger partial charge in [0.2, 0.25) is 0 Å². The maximum Gasteiger partial charge on any atom is 0.160 e. The van der Waals surface area contributed by atoms with Gasteiger partial charge < -0.3 is 25.2 Å². The molecule has 2 rings (SSSR count). The lowest BCUT2D eigenvalue weighted by molar-refractivity contribution is 0.145. The first-order valence-corrected chi connectivity index (χ1v) is 7.47. The number of aliphatic hydroxyl groups excluding tert-OH is 1. The molecule has 1 aromatic carbocycles. The van der Waals surface area contributed by atoms with Gasteiger partial charge in [0.25, 0.3) is 0 Å². The molecule has 1 fully saturated rings. The predicted molar refractivity (Wildman–Crippen MR) is 83.1 cm³/mol. The molecular weight excluding hydrogens is 268 g/mol. The zero-order valence-electron chi connectivity index (χ0n) is 13.1. The van der Waals surface area contributed by atoms with Crippen LogP contribution < -0.4 is 20.1 Å². The molecule has 1 aliphatic rings. The average molecular weight is 294 g/mol. The molecule has 0 amide bonds. The van der Waals surface area contributed by atoms with Crippen LogP contribution in [0.3, 0.4) is 0 Å². The van der Waals surface area contributed by atoms with Gasteiger partial charge >= 0.3 is 0 Å². The van der Waals surface area contributed by atoms with Gasteiger partial charge in [0.15, 0.2) is 11.5 Å². The fraction of sp³-hybridized carbons (Fsp3) is 0.625. The molecule has 5 nitrogen and oxygen atoms in total. The average Bonchev–Trinajstić information content (AvgIpc) is 2.90. The fourth-order valence-electron chi connectivity index (χ4n) is 2.71. The molecule has 3 N–H and O–H groups in total. The largest absolute Gasteiger partial charge is 0.493 e. The molecule has 0 spiro atoms. The van der Waals surface area contributed by atoms with Crippen LogP contribution in [0.2, 0.25) is 0 Å². The maximum absolute atomic E-state index is 9.78. The van der Waals surface area contributed by atoms with E-state index in [1.807, 2.05) is 12.1 Å². The Morgan fingerprint density at radius 2 is 2.05 bits per heavy atom. The van der Waals surface area contributed by atoms with E-state index in [9.17, 15) is 5.11 Å². The van der Waals surface area contributed by atoms with Crippen molar-refractivity contribution < 1.29 is 14.6 Å². The summed E-state index contributed by atoms with van der Waals surface area (Å²) < 4.78 is 10.6. The van der Waals surface area contributed by atoms with Crippen molar-refractivity contribution >= 4 is 0 Å². The summed E-state index contributed by atoms with van der Waals surface area (Å²) in [6.07, 6.45) is 0.683. The number of nitrogens with one attached hydrogen (secondary N) is 2. The highest BCUT2D eigenvalue weighted by Crippen LogP contribution is 2.27. The topological polar surface area (TPSA) is 62.8 Å². The standard InChI is InChI=1S/C16H26N2O3/c1-11(18-9-13-8-17-10-14(13)19)6-12-4-5-15(20-2)16(7-12)21-3/h4-5,7,11,13-14,17-19H,6,8-10H2,1-3H3. The van der Waals surface area contributed by atoms with Gasteiger partial charge in [-0.1, -0.05) is 6.07 Å². The van der Waals surface area contributed by atoms with Crippen molar-refractivity contribution in [1.29, 1.82) is 0 Å². The summed E-state index contributed by atoms with van der Waals surface area (Å²) in [4.78, 5) is 0. The van der Waals surface area contributed by atoms with Gasteiger partial charge in [-0.15, -0.1) is 0 Å². The summed E-state index contributed by atoms with van der Waals surface area (Å²) in [6, 6.07) is 6.36. The molecule has 1 aromatic rings. The Labute approximate surface area is 126 Å². The van der Waals surface area contributed by atoms with Gasteiger partial charge in [0, 0.05) is 31.6 Å². The SMILES string of the molecule is COc1ccc(CC(C)NCC2CNCC2O)cc1OC. The van der Waals surface area contributed by atoms with E-state index >= 15 is 0 Å². The Hall–Kier alpha value is -1.30. The Morgan fingerprint density at radius 3 is 2.67 bits per heavy atom. The van der Waals surface area contributed by atoms with E-state index < -0.39 is 0 Å². The molecule has 21 heavy (non-hydrogen) atoms. The van der Waals surface area contributed by atoms with Crippen molar-refractivity contribution in [1.82, 2.24) is 10.6 Å². The third-order valence-corrected chi connectivity index (χ3v) is 4.02. The lowest BCUT2D eigenvalue weighted by atomic mass is 10.0. The van der Waals surface area contributed by atoms with Gasteiger partial charge in [-0.3, -0.25) is 0 Å². The number of hydrogen-bond acceptors (Lipinski definition) is 5. The van der Waals surface area contributed by atoms with Gasteiger partial charge in [-0.2, -0.15) is 0 Å². The zero-order valence-corrected chi connectivity index (χ0v) is 13.1. The van der Waals surface area contributed by atoms with Gasteiger partial charge in [0.05, 0.1) is 20.3 Å². The zero-order chi connectivity index (χ0) is 15.2. The molecule has 0 saturated carbocycles. The second kappa shape index (κ2) is 7.64. The molecule has 3 atom stereocenters. The van der Waals surface area contributed by atoms with Crippen LogP contribution in [0.25, 0.3) is 0 Å². The van der Waals surface area contributed by atoms with Crippen molar-refractivity contribution in [3.8, 4) is 11.5 Å². The van der Waals surface area contributed by atoms with E-state index in [2.05, 4.69) is 23.6 Å². The molecule has 0 bridgehead atoms. The van der Waals surface area contributed by atoms with Crippen LogP contribution in [0.1, 0.15) is 12.5 Å². The van der Waals surface area contributed by atoms with Crippen LogP contribution in [-0.2, 0) is 6.42 Å². The molecule has 1 heterocycles. The highest BCUT2D eigenvalue weighted by atomic mass is 16.5. The highest BCUT2D eigenvalue weighted by molar-refractivity contribution is 5.43. The molecular formula is C16H26N2O3. The summed E-state index contributed by atoms with van der Waals surface area (Å²) in [6.45, 7) is 4.59. The van der Waals surface area contributed by atoms with Crippen LogP contribution >= 0.6 is 0 Å². The minimum absolute atomic E-state index is 0.231. The number of aliphatic hydroxyl groups is 1. The summed E-state index contributed by atoms with van der Waals surface area (Å²) in [7, 11) is 3.29. The molecule has 0 aliphatic carbocycles. The highest BCUT2D eigenvalue weighted by Gasteiger charge is 2.24. The van der Waals surface area contributed by atoms with Crippen molar-refractivity contribution in [3.05, 3.63) is 23.8 Å². The van der Waals surface area contributed by atoms with Crippen LogP contribution in [0, 0.1) is 5.92 Å². The summed E-state index contributed by atoms with van der Waals surface area (Å²) in [5.74, 6) is 1.82. The number of rotatable bonds is 7. The molecule has 1 saturated heterocycles.